The molecule has 3 aromatic rings. The third kappa shape index (κ3) is 4.29. The van der Waals surface area contributed by atoms with Crippen molar-refractivity contribution in [1.29, 1.82) is 0 Å². The number of nitrogens with zero attached hydrogens (tertiary/aromatic N) is 2. The number of esters is 1. The number of carbonyl (C=O) groups is 2. The number of nitro groups is 1. The van der Waals surface area contributed by atoms with E-state index >= 15 is 0 Å². The molecular formula is C20H19N3O6S. The minimum atomic E-state index is -0.569. The highest BCUT2D eigenvalue weighted by Gasteiger charge is 2.25. The van der Waals surface area contributed by atoms with Gasteiger partial charge in [0.1, 0.15) is 9.71 Å². The molecule has 1 amide bonds. The van der Waals surface area contributed by atoms with Crippen LogP contribution in [0.15, 0.2) is 30.3 Å². The molecule has 0 radical (unpaired) electrons. The van der Waals surface area contributed by atoms with Crippen LogP contribution < -0.4 is 5.32 Å². The fourth-order valence-electron chi connectivity index (χ4n) is 2.96. The SMILES string of the molecule is CCOC(=O)c1sc2nc(C)cc(COC)c2c1NC(=O)c1ccc([N+](=O)[O-])cc1. The van der Waals surface area contributed by atoms with Crippen LogP contribution in [0, 0.1) is 17.0 Å². The number of hydrogen-bond acceptors (Lipinski definition) is 8. The van der Waals surface area contributed by atoms with Crippen LogP contribution in [-0.4, -0.2) is 35.5 Å². The molecule has 0 unspecified atom stereocenters. The molecule has 2 aromatic heterocycles. The molecule has 30 heavy (non-hydrogen) atoms. The zero-order valence-corrected chi connectivity index (χ0v) is 17.4. The second-order valence-electron chi connectivity index (χ2n) is 6.32. The van der Waals surface area contributed by atoms with Gasteiger partial charge in [-0.2, -0.15) is 0 Å². The van der Waals surface area contributed by atoms with Crippen LogP contribution in [0.5, 0.6) is 0 Å². The van der Waals surface area contributed by atoms with Gasteiger partial charge in [-0.05, 0) is 37.6 Å². The smallest absolute Gasteiger partial charge is 0.350 e. The molecule has 0 spiro atoms. The number of pyridine rings is 1. The van der Waals surface area contributed by atoms with Gasteiger partial charge in [0.2, 0.25) is 0 Å². The minimum Gasteiger partial charge on any atom is -0.462 e. The number of ether oxygens (including phenoxy) is 2. The molecule has 156 valence electrons. The number of anilines is 1. The second kappa shape index (κ2) is 8.97. The van der Waals surface area contributed by atoms with Crippen LogP contribution in [0.25, 0.3) is 10.2 Å². The van der Waals surface area contributed by atoms with Gasteiger partial charge in [0.25, 0.3) is 11.6 Å². The minimum absolute atomic E-state index is 0.123. The summed E-state index contributed by atoms with van der Waals surface area (Å²) in [6.45, 7) is 3.97. The summed E-state index contributed by atoms with van der Waals surface area (Å²) in [5, 5.41) is 14.2. The van der Waals surface area contributed by atoms with E-state index in [1.807, 2.05) is 13.0 Å². The van der Waals surface area contributed by atoms with E-state index in [1.165, 1.54) is 24.3 Å². The summed E-state index contributed by atoms with van der Waals surface area (Å²) in [4.78, 5) is 40.9. The molecule has 9 nitrogen and oxygen atoms in total. The number of non-ortho nitro benzene ring substituents is 1. The molecule has 0 atom stereocenters. The first-order valence-electron chi connectivity index (χ1n) is 9.00. The van der Waals surface area contributed by atoms with E-state index < -0.39 is 16.8 Å². The standard InChI is InChI=1S/C20H19N3O6S/c1-4-29-20(25)17-16(15-13(10-28-3)9-11(2)21-19(15)30-17)22-18(24)12-5-7-14(8-6-12)23(26)27/h5-9H,4,10H2,1-3H3,(H,22,24). The summed E-state index contributed by atoms with van der Waals surface area (Å²) >= 11 is 1.12. The van der Waals surface area contributed by atoms with Gasteiger partial charge in [0.15, 0.2) is 0 Å². The highest BCUT2D eigenvalue weighted by atomic mass is 32.1. The molecule has 0 fully saturated rings. The van der Waals surface area contributed by atoms with Gasteiger partial charge in [0, 0.05) is 35.9 Å². The fourth-order valence-corrected chi connectivity index (χ4v) is 4.08. The summed E-state index contributed by atoms with van der Waals surface area (Å²) < 4.78 is 10.4. The first-order valence-corrected chi connectivity index (χ1v) is 9.82. The predicted octanol–water partition coefficient (Wildman–Crippen LogP) is 4.09. The van der Waals surface area contributed by atoms with E-state index in [9.17, 15) is 19.7 Å². The van der Waals surface area contributed by atoms with Gasteiger partial charge in [-0.15, -0.1) is 11.3 Å². The van der Waals surface area contributed by atoms with Crippen molar-refractivity contribution in [2.45, 2.75) is 20.5 Å². The number of benzene rings is 1. The number of nitrogens with one attached hydrogen (secondary N) is 1. The quantitative estimate of drug-likeness (QED) is 0.341. The van der Waals surface area contributed by atoms with Crippen molar-refractivity contribution in [2.24, 2.45) is 0 Å². The summed E-state index contributed by atoms with van der Waals surface area (Å²) in [5.41, 5.74) is 1.89. The Bertz CT molecular complexity index is 1120. The Morgan fingerprint density at radius 1 is 1.27 bits per heavy atom. The number of nitro benzene ring substituents is 1. The van der Waals surface area contributed by atoms with Crippen molar-refractivity contribution in [3.63, 3.8) is 0 Å². The highest BCUT2D eigenvalue weighted by molar-refractivity contribution is 7.21. The number of carbonyl (C=O) groups excluding carboxylic acids is 2. The Hall–Kier alpha value is -3.37. The molecule has 1 N–H and O–H groups in total. The maximum atomic E-state index is 12.8. The lowest BCUT2D eigenvalue weighted by Gasteiger charge is -2.10. The van der Waals surface area contributed by atoms with Gasteiger partial charge in [-0.3, -0.25) is 14.9 Å². The van der Waals surface area contributed by atoms with E-state index in [-0.39, 0.29) is 35.0 Å². The van der Waals surface area contributed by atoms with Crippen LogP contribution in [0.2, 0.25) is 0 Å². The van der Waals surface area contributed by atoms with Crippen LogP contribution in [0.4, 0.5) is 11.4 Å². The molecule has 3 rings (SSSR count). The summed E-state index contributed by atoms with van der Waals surface area (Å²) in [5.74, 6) is -1.08. The maximum absolute atomic E-state index is 12.8. The monoisotopic (exact) mass is 429 g/mol. The largest absolute Gasteiger partial charge is 0.462 e. The maximum Gasteiger partial charge on any atom is 0.350 e. The lowest BCUT2D eigenvalue weighted by Crippen LogP contribution is -2.15. The lowest BCUT2D eigenvalue weighted by molar-refractivity contribution is -0.384. The Morgan fingerprint density at radius 3 is 2.57 bits per heavy atom. The van der Waals surface area contributed by atoms with Crippen molar-refractivity contribution < 1.29 is 24.0 Å². The third-order valence-corrected chi connectivity index (χ3v) is 5.27. The third-order valence-electron chi connectivity index (χ3n) is 4.21. The Morgan fingerprint density at radius 2 is 1.97 bits per heavy atom. The number of rotatable bonds is 7. The average Bonchev–Trinajstić information content (AvgIpc) is 3.06. The van der Waals surface area contributed by atoms with Crippen LogP contribution in [0.1, 0.15) is 38.2 Å². The zero-order valence-electron chi connectivity index (χ0n) is 16.6. The second-order valence-corrected chi connectivity index (χ2v) is 7.32. The van der Waals surface area contributed by atoms with E-state index in [0.717, 1.165) is 22.6 Å². The summed E-state index contributed by atoms with van der Waals surface area (Å²) in [6.07, 6.45) is 0. The first-order chi connectivity index (χ1) is 14.3. The molecule has 0 aliphatic heterocycles. The Kier molecular flexibility index (Phi) is 6.38. The van der Waals surface area contributed by atoms with Crippen LogP contribution >= 0.6 is 11.3 Å². The van der Waals surface area contributed by atoms with Crippen LogP contribution in [-0.2, 0) is 16.1 Å². The predicted molar refractivity (Wildman–Crippen MR) is 112 cm³/mol. The average molecular weight is 429 g/mol. The molecule has 10 heteroatoms. The fraction of sp³-hybridized carbons (Fsp3) is 0.250. The van der Waals surface area contributed by atoms with Gasteiger partial charge < -0.3 is 14.8 Å². The summed E-state index contributed by atoms with van der Waals surface area (Å²) in [6, 6.07) is 7.02. The molecule has 1 aromatic carbocycles. The Balaban J connectivity index is 2.09. The van der Waals surface area contributed by atoms with Gasteiger partial charge in [-0.25, -0.2) is 9.78 Å². The van der Waals surface area contributed by atoms with Crippen molar-refractivity contribution in [3.8, 4) is 0 Å². The molecule has 0 aliphatic carbocycles. The molecule has 0 bridgehead atoms. The van der Waals surface area contributed by atoms with E-state index in [1.54, 1.807) is 14.0 Å². The molecule has 0 aliphatic rings. The zero-order chi connectivity index (χ0) is 21.8. The Labute approximate surface area is 175 Å². The lowest BCUT2D eigenvalue weighted by atomic mass is 10.1. The number of methoxy groups -OCH3 is 1. The highest BCUT2D eigenvalue weighted by Crippen LogP contribution is 2.38. The number of amides is 1. The van der Waals surface area contributed by atoms with Crippen molar-refractivity contribution in [1.82, 2.24) is 4.98 Å². The first kappa shape index (κ1) is 21.3. The molecular weight excluding hydrogens is 410 g/mol. The number of fused-ring (bicyclic) bond motifs is 1. The molecule has 0 saturated carbocycles. The van der Waals surface area contributed by atoms with E-state index in [2.05, 4.69) is 10.3 Å². The van der Waals surface area contributed by atoms with E-state index in [4.69, 9.17) is 9.47 Å². The van der Waals surface area contributed by atoms with Crippen molar-refractivity contribution in [2.75, 3.05) is 19.0 Å². The van der Waals surface area contributed by atoms with Crippen molar-refractivity contribution in [3.05, 3.63) is 62.1 Å². The van der Waals surface area contributed by atoms with Gasteiger partial charge >= 0.3 is 5.97 Å². The number of aromatic nitrogens is 1. The van der Waals surface area contributed by atoms with Gasteiger partial charge in [-0.1, -0.05) is 0 Å². The van der Waals surface area contributed by atoms with Crippen molar-refractivity contribution >= 4 is 44.8 Å². The molecule has 2 heterocycles. The normalized spacial score (nSPS) is 10.8. The number of aryl methyl sites for hydroxylation is 1. The summed E-state index contributed by atoms with van der Waals surface area (Å²) in [7, 11) is 1.55. The number of hydrogen-bond donors (Lipinski definition) is 1. The van der Waals surface area contributed by atoms with E-state index in [0.29, 0.717) is 10.2 Å². The number of thiophene rings is 1. The van der Waals surface area contributed by atoms with Crippen LogP contribution in [0.3, 0.4) is 0 Å². The topological polar surface area (TPSA) is 121 Å². The molecule has 0 saturated heterocycles. The van der Waals surface area contributed by atoms with Gasteiger partial charge in [0.05, 0.1) is 23.8 Å².